The minimum Gasteiger partial charge on any atom is -0.465 e. The molecule has 0 aromatic heterocycles. The van der Waals surface area contributed by atoms with Crippen molar-refractivity contribution in [3.05, 3.63) is 35.9 Å². The molecular formula is C26H42N4O6S. The minimum atomic E-state index is -3.55. The fraction of sp³-hybridized carbons (Fsp3) is 0.654. The maximum absolute atomic E-state index is 13.6. The zero-order valence-electron chi connectivity index (χ0n) is 22.5. The van der Waals surface area contributed by atoms with Crippen LogP contribution < -0.4 is 5.32 Å². The quantitative estimate of drug-likeness (QED) is 0.386. The van der Waals surface area contributed by atoms with Gasteiger partial charge in [0.2, 0.25) is 15.9 Å². The van der Waals surface area contributed by atoms with Gasteiger partial charge in [-0.15, -0.1) is 0 Å². The van der Waals surface area contributed by atoms with Gasteiger partial charge in [-0.05, 0) is 37.7 Å². The zero-order chi connectivity index (χ0) is 27.4. The minimum absolute atomic E-state index is 0.00494. The molecule has 3 amide bonds. The van der Waals surface area contributed by atoms with Crippen LogP contribution >= 0.6 is 0 Å². The van der Waals surface area contributed by atoms with Crippen LogP contribution in [0.2, 0.25) is 0 Å². The number of urea groups is 1. The Hall–Kier alpha value is -2.66. The Labute approximate surface area is 221 Å². The second-order valence-electron chi connectivity index (χ2n) is 9.69. The highest BCUT2D eigenvalue weighted by molar-refractivity contribution is 7.89. The number of sulfonamides is 1. The van der Waals surface area contributed by atoms with Crippen molar-refractivity contribution in [3.8, 4) is 0 Å². The van der Waals surface area contributed by atoms with Crippen LogP contribution in [0.3, 0.4) is 0 Å². The van der Waals surface area contributed by atoms with E-state index in [1.807, 2.05) is 51.1 Å². The first-order valence-electron chi connectivity index (χ1n) is 13.1. The molecule has 37 heavy (non-hydrogen) atoms. The number of carbonyl (C=O) groups is 3. The van der Waals surface area contributed by atoms with Crippen molar-refractivity contribution in [3.63, 3.8) is 0 Å². The molecule has 1 N–H and O–H groups in total. The second-order valence-corrected chi connectivity index (χ2v) is 11.8. The van der Waals surface area contributed by atoms with Crippen LogP contribution in [0.5, 0.6) is 0 Å². The van der Waals surface area contributed by atoms with E-state index in [4.69, 9.17) is 4.74 Å². The highest BCUT2D eigenvalue weighted by Crippen LogP contribution is 2.21. The highest BCUT2D eigenvalue weighted by atomic mass is 32.2. The number of nitrogens with zero attached hydrogens (tertiary/aromatic N) is 3. The van der Waals surface area contributed by atoms with Gasteiger partial charge in [-0.2, -0.15) is 4.31 Å². The van der Waals surface area contributed by atoms with Gasteiger partial charge in [-0.1, -0.05) is 51.1 Å². The molecule has 0 spiro atoms. The lowest BCUT2D eigenvalue weighted by atomic mass is 10.0. The number of hydrogen-bond donors (Lipinski definition) is 1. The average Bonchev–Trinajstić information content (AvgIpc) is 2.86. The summed E-state index contributed by atoms with van der Waals surface area (Å²) in [6.45, 7) is 8.72. The third-order valence-corrected chi connectivity index (χ3v) is 8.12. The molecule has 0 atom stereocenters. The number of rotatable bonds is 13. The smallest absolute Gasteiger partial charge is 0.325 e. The summed E-state index contributed by atoms with van der Waals surface area (Å²) in [6.07, 6.45) is 1.59. The van der Waals surface area contributed by atoms with Gasteiger partial charge in [0.15, 0.2) is 0 Å². The summed E-state index contributed by atoms with van der Waals surface area (Å²) in [5.41, 5.74) is 0.956. The van der Waals surface area contributed by atoms with Crippen LogP contribution in [-0.2, 0) is 30.9 Å². The summed E-state index contributed by atoms with van der Waals surface area (Å²) in [5.74, 6) is -0.646. The molecule has 1 heterocycles. The lowest BCUT2D eigenvalue weighted by molar-refractivity contribution is -0.142. The summed E-state index contributed by atoms with van der Waals surface area (Å²) < 4.78 is 32.0. The van der Waals surface area contributed by atoms with E-state index in [1.165, 1.54) is 4.31 Å². The maximum atomic E-state index is 13.6. The summed E-state index contributed by atoms with van der Waals surface area (Å²) in [7, 11) is -3.55. The highest BCUT2D eigenvalue weighted by Gasteiger charge is 2.33. The van der Waals surface area contributed by atoms with E-state index in [0.29, 0.717) is 38.9 Å². The van der Waals surface area contributed by atoms with Gasteiger partial charge in [0.25, 0.3) is 0 Å². The summed E-state index contributed by atoms with van der Waals surface area (Å²) >= 11 is 0. The predicted molar refractivity (Wildman–Crippen MR) is 142 cm³/mol. The average molecular weight is 539 g/mol. The van der Waals surface area contributed by atoms with Crippen molar-refractivity contribution >= 4 is 27.9 Å². The molecule has 0 aliphatic carbocycles. The third kappa shape index (κ3) is 9.96. The van der Waals surface area contributed by atoms with Crippen LogP contribution in [0.4, 0.5) is 4.79 Å². The zero-order valence-corrected chi connectivity index (χ0v) is 23.3. The molecule has 2 rings (SSSR count). The standard InChI is InChI=1S/C26H42N4O6S/c1-5-16-37(34,35)29(18-21(3)4)20-24(31)30(19-22-10-8-7-9-11-22)23-12-14-28(15-13-23)26(33)27-17-25(32)36-6-2/h7-11,21,23H,5-6,12-20H2,1-4H3,(H,27,33). The molecule has 1 aliphatic heterocycles. The van der Waals surface area contributed by atoms with E-state index in [9.17, 15) is 22.8 Å². The normalized spacial score (nSPS) is 14.6. The number of esters is 1. The Morgan fingerprint density at radius 1 is 1.11 bits per heavy atom. The van der Waals surface area contributed by atoms with E-state index in [2.05, 4.69) is 5.32 Å². The van der Waals surface area contributed by atoms with Crippen molar-refractivity contribution in [1.82, 2.24) is 19.4 Å². The Bertz CT molecular complexity index is 978. The molecule has 1 saturated heterocycles. The fourth-order valence-electron chi connectivity index (χ4n) is 4.37. The van der Waals surface area contributed by atoms with Crippen LogP contribution in [-0.4, -0.2) is 91.6 Å². The Kier molecular flexibility index (Phi) is 12.3. The number of nitrogens with one attached hydrogen (secondary N) is 1. The monoisotopic (exact) mass is 538 g/mol. The molecule has 1 aromatic rings. The van der Waals surface area contributed by atoms with Crippen molar-refractivity contribution in [2.24, 2.45) is 5.92 Å². The van der Waals surface area contributed by atoms with E-state index in [1.54, 1.807) is 16.7 Å². The van der Waals surface area contributed by atoms with Crippen molar-refractivity contribution < 1.29 is 27.5 Å². The number of piperidine rings is 1. The van der Waals surface area contributed by atoms with Gasteiger partial charge in [-0.3, -0.25) is 9.59 Å². The predicted octanol–water partition coefficient (Wildman–Crippen LogP) is 2.45. The molecule has 208 valence electrons. The van der Waals surface area contributed by atoms with Gasteiger partial charge < -0.3 is 19.9 Å². The summed E-state index contributed by atoms with van der Waals surface area (Å²) in [5, 5.41) is 2.57. The first kappa shape index (κ1) is 30.6. The first-order chi connectivity index (χ1) is 17.6. The second kappa shape index (κ2) is 14.9. The molecule has 11 heteroatoms. The molecule has 0 saturated carbocycles. The fourth-order valence-corrected chi connectivity index (χ4v) is 5.97. The molecule has 0 radical (unpaired) electrons. The lowest BCUT2D eigenvalue weighted by Crippen LogP contribution is -2.53. The lowest BCUT2D eigenvalue weighted by Gasteiger charge is -2.39. The van der Waals surface area contributed by atoms with Gasteiger partial charge in [0.1, 0.15) is 6.54 Å². The summed E-state index contributed by atoms with van der Waals surface area (Å²) in [6, 6.07) is 9.12. The van der Waals surface area contributed by atoms with Crippen LogP contribution in [0.15, 0.2) is 30.3 Å². The molecule has 0 unspecified atom stereocenters. The molecule has 10 nitrogen and oxygen atoms in total. The van der Waals surface area contributed by atoms with E-state index in [-0.39, 0.29) is 55.9 Å². The number of ether oxygens (including phenoxy) is 1. The number of benzene rings is 1. The largest absolute Gasteiger partial charge is 0.465 e. The topological polar surface area (TPSA) is 116 Å². The maximum Gasteiger partial charge on any atom is 0.325 e. The molecule has 1 aromatic carbocycles. The first-order valence-corrected chi connectivity index (χ1v) is 14.7. The van der Waals surface area contributed by atoms with E-state index in [0.717, 1.165) is 5.56 Å². The Morgan fingerprint density at radius 2 is 1.76 bits per heavy atom. The molecular weight excluding hydrogens is 496 g/mol. The van der Waals surface area contributed by atoms with Crippen molar-refractivity contribution in [2.75, 3.05) is 45.1 Å². The number of amides is 3. The Morgan fingerprint density at radius 3 is 2.32 bits per heavy atom. The number of carbonyl (C=O) groups excluding carboxylic acids is 3. The van der Waals surface area contributed by atoms with Gasteiger partial charge in [-0.25, -0.2) is 13.2 Å². The van der Waals surface area contributed by atoms with E-state index < -0.39 is 16.0 Å². The van der Waals surface area contributed by atoms with Crippen LogP contribution in [0.25, 0.3) is 0 Å². The molecule has 1 aliphatic rings. The van der Waals surface area contributed by atoms with Crippen LogP contribution in [0.1, 0.15) is 52.5 Å². The van der Waals surface area contributed by atoms with Crippen LogP contribution in [0, 0.1) is 5.92 Å². The third-order valence-electron chi connectivity index (χ3n) is 6.13. The van der Waals surface area contributed by atoms with Gasteiger partial charge in [0.05, 0.1) is 18.9 Å². The molecule has 0 bridgehead atoms. The number of hydrogen-bond acceptors (Lipinski definition) is 6. The van der Waals surface area contributed by atoms with Gasteiger partial charge >= 0.3 is 12.0 Å². The van der Waals surface area contributed by atoms with Crippen molar-refractivity contribution in [1.29, 1.82) is 0 Å². The van der Waals surface area contributed by atoms with E-state index >= 15 is 0 Å². The van der Waals surface area contributed by atoms with Gasteiger partial charge in [0, 0.05) is 32.2 Å². The number of likely N-dealkylation sites (tertiary alicyclic amines) is 1. The Balaban J connectivity index is 2.13. The molecule has 1 fully saturated rings. The summed E-state index contributed by atoms with van der Waals surface area (Å²) in [4.78, 5) is 41.0. The SMILES string of the molecule is CCCS(=O)(=O)N(CC(=O)N(Cc1ccccc1)C1CCN(C(=O)NCC(=O)OCC)CC1)CC(C)C. The van der Waals surface area contributed by atoms with Crippen molar-refractivity contribution in [2.45, 2.75) is 59.5 Å².